The summed E-state index contributed by atoms with van der Waals surface area (Å²) in [6, 6.07) is 13.4. The topological polar surface area (TPSA) is 81.2 Å². The molecule has 0 aliphatic carbocycles. The summed E-state index contributed by atoms with van der Waals surface area (Å²) in [7, 11) is 1.77. The van der Waals surface area contributed by atoms with E-state index < -0.39 is 22.6 Å². The van der Waals surface area contributed by atoms with Crippen LogP contribution < -0.4 is 4.90 Å². The number of thioether (sulfide) groups is 1. The molecular weight excluding hydrogens is 546 g/mol. The molecule has 6 atom stereocenters. The first-order valence-corrected chi connectivity index (χ1v) is 16.0. The molecule has 3 amide bonds. The van der Waals surface area contributed by atoms with E-state index in [0.29, 0.717) is 19.6 Å². The molecule has 224 valence electrons. The van der Waals surface area contributed by atoms with Gasteiger partial charge in [0.05, 0.1) is 16.6 Å². The molecule has 3 aliphatic rings. The smallest absolute Gasteiger partial charge is 0.251 e. The Hall–Kier alpha value is -3.10. The van der Waals surface area contributed by atoms with Crippen molar-refractivity contribution in [1.82, 2.24) is 9.80 Å². The molecule has 2 aromatic rings. The van der Waals surface area contributed by atoms with Crippen LogP contribution in [0.25, 0.3) is 10.8 Å². The highest BCUT2D eigenvalue weighted by molar-refractivity contribution is 8.02. The molecule has 1 spiro atoms. The standard InChI is InChI=1S/C34H43N3O4S/c1-5-17-35(4)31(39)28-27-21-23(3)34(42-27)29(28)32(40)37(19-11-7-8-12-20-38)30(34)33(41)36(18-6-2)26-16-15-24-13-9-10-14-25(24)22-26/h5-6,9-10,13-16,22-23,27-30,38H,1-2,7-8,11-12,17-21H2,3-4H3/t23?,27-,28+,29-,30?,34?/m0/s1. The Balaban J connectivity index is 1.55. The van der Waals surface area contributed by atoms with Crippen LogP contribution in [0.4, 0.5) is 5.69 Å². The summed E-state index contributed by atoms with van der Waals surface area (Å²) in [5.74, 6) is -1.10. The lowest BCUT2D eigenvalue weighted by atomic mass is 9.65. The second-order valence-corrected chi connectivity index (χ2v) is 13.5. The van der Waals surface area contributed by atoms with Crippen LogP contribution >= 0.6 is 11.8 Å². The van der Waals surface area contributed by atoms with Gasteiger partial charge in [-0.2, -0.15) is 0 Å². The van der Waals surface area contributed by atoms with E-state index in [-0.39, 0.29) is 35.5 Å². The number of likely N-dealkylation sites (tertiary alicyclic amines) is 1. The molecule has 3 saturated heterocycles. The zero-order chi connectivity index (χ0) is 30.0. The van der Waals surface area contributed by atoms with E-state index in [1.165, 1.54) is 0 Å². The van der Waals surface area contributed by atoms with Crippen molar-refractivity contribution in [2.75, 3.05) is 38.2 Å². The number of hydrogen-bond donors (Lipinski definition) is 1. The highest BCUT2D eigenvalue weighted by Crippen LogP contribution is 2.69. The molecule has 3 heterocycles. The van der Waals surface area contributed by atoms with E-state index in [2.05, 4.69) is 20.1 Å². The average molecular weight is 590 g/mol. The van der Waals surface area contributed by atoms with Crippen LogP contribution in [0.5, 0.6) is 0 Å². The van der Waals surface area contributed by atoms with Gasteiger partial charge in [-0.05, 0) is 48.1 Å². The van der Waals surface area contributed by atoms with Crippen LogP contribution in [0, 0.1) is 17.8 Å². The van der Waals surface area contributed by atoms with Crippen LogP contribution in [0.15, 0.2) is 67.8 Å². The maximum Gasteiger partial charge on any atom is 0.251 e. The number of carbonyl (C=O) groups is 3. The molecule has 0 aromatic heterocycles. The van der Waals surface area contributed by atoms with Crippen molar-refractivity contribution in [3.8, 4) is 0 Å². The van der Waals surface area contributed by atoms with Gasteiger partial charge < -0.3 is 19.8 Å². The fourth-order valence-corrected chi connectivity index (χ4v) is 9.96. The average Bonchev–Trinajstić information content (AvgIpc) is 3.58. The summed E-state index contributed by atoms with van der Waals surface area (Å²) in [5.41, 5.74) is 0.775. The molecule has 8 heteroatoms. The second-order valence-electron chi connectivity index (χ2n) is 12.0. The van der Waals surface area contributed by atoms with E-state index in [9.17, 15) is 19.5 Å². The second kappa shape index (κ2) is 12.6. The molecule has 5 rings (SSSR count). The Labute approximate surface area is 253 Å². The number of aliphatic hydroxyl groups is 1. The van der Waals surface area contributed by atoms with Crippen molar-refractivity contribution in [2.24, 2.45) is 17.8 Å². The van der Waals surface area contributed by atoms with Gasteiger partial charge in [-0.15, -0.1) is 24.9 Å². The molecule has 42 heavy (non-hydrogen) atoms. The normalized spacial score (nSPS) is 27.7. The minimum atomic E-state index is -0.674. The molecule has 1 N–H and O–H groups in total. The number of aliphatic hydroxyl groups excluding tert-OH is 1. The number of benzene rings is 2. The van der Waals surface area contributed by atoms with E-state index in [4.69, 9.17) is 0 Å². The number of amides is 3. The van der Waals surface area contributed by atoms with Gasteiger partial charge in [0, 0.05) is 44.2 Å². The quantitative estimate of drug-likeness (QED) is 0.266. The van der Waals surface area contributed by atoms with Crippen molar-refractivity contribution in [1.29, 1.82) is 0 Å². The Morgan fingerprint density at radius 2 is 1.76 bits per heavy atom. The van der Waals surface area contributed by atoms with Gasteiger partial charge in [0.25, 0.3) is 5.91 Å². The van der Waals surface area contributed by atoms with Gasteiger partial charge in [-0.3, -0.25) is 14.4 Å². The summed E-state index contributed by atoms with van der Waals surface area (Å²) in [6.07, 6.45) is 7.43. The van der Waals surface area contributed by atoms with Crippen molar-refractivity contribution in [2.45, 2.75) is 55.1 Å². The van der Waals surface area contributed by atoms with Gasteiger partial charge >= 0.3 is 0 Å². The van der Waals surface area contributed by atoms with Gasteiger partial charge in [0.2, 0.25) is 11.8 Å². The monoisotopic (exact) mass is 589 g/mol. The van der Waals surface area contributed by atoms with Gasteiger partial charge in [0.15, 0.2) is 0 Å². The molecule has 3 fully saturated rings. The number of fused-ring (bicyclic) bond motifs is 2. The fraction of sp³-hybridized carbons (Fsp3) is 0.500. The lowest BCUT2D eigenvalue weighted by molar-refractivity contribution is -0.143. The molecule has 2 aromatic carbocycles. The van der Waals surface area contributed by atoms with Crippen LogP contribution in [0.1, 0.15) is 39.0 Å². The zero-order valence-corrected chi connectivity index (χ0v) is 25.6. The molecule has 2 bridgehead atoms. The Bertz CT molecular complexity index is 1360. The first-order chi connectivity index (χ1) is 20.3. The van der Waals surface area contributed by atoms with Crippen LogP contribution in [-0.4, -0.2) is 82.0 Å². The molecule has 3 unspecified atom stereocenters. The van der Waals surface area contributed by atoms with Gasteiger partial charge in [-0.1, -0.05) is 62.2 Å². The predicted octanol–water partition coefficient (Wildman–Crippen LogP) is 4.89. The van der Waals surface area contributed by atoms with Crippen molar-refractivity contribution < 1.29 is 19.5 Å². The molecule has 3 aliphatic heterocycles. The van der Waals surface area contributed by atoms with E-state index in [1.807, 2.05) is 47.4 Å². The molecule has 0 radical (unpaired) electrons. The van der Waals surface area contributed by atoms with Crippen LogP contribution in [0.2, 0.25) is 0 Å². The summed E-state index contributed by atoms with van der Waals surface area (Å²) < 4.78 is -0.671. The number of anilines is 1. The number of carbonyl (C=O) groups excluding carboxylic acids is 3. The Morgan fingerprint density at radius 3 is 2.48 bits per heavy atom. The van der Waals surface area contributed by atoms with Crippen molar-refractivity contribution in [3.63, 3.8) is 0 Å². The summed E-state index contributed by atoms with van der Waals surface area (Å²) in [5, 5.41) is 11.4. The van der Waals surface area contributed by atoms with Crippen molar-refractivity contribution >= 4 is 45.9 Å². The number of hydrogen-bond acceptors (Lipinski definition) is 5. The maximum atomic E-state index is 14.9. The maximum absolute atomic E-state index is 14.9. The SMILES string of the molecule is C=CCN(C)C(=O)[C@@H]1[C@@H]2CC(C)C3(S2)C(C(=O)N(CC=C)c2ccc4ccccc4c2)N(CCCCCCO)C(=O)[C@H]13. The first-order valence-electron chi connectivity index (χ1n) is 15.2. The zero-order valence-electron chi connectivity index (χ0n) is 24.8. The minimum absolute atomic E-state index is 0.00393. The molecule has 7 nitrogen and oxygen atoms in total. The van der Waals surface area contributed by atoms with Crippen LogP contribution in [0.3, 0.4) is 0 Å². The van der Waals surface area contributed by atoms with E-state index in [0.717, 1.165) is 48.6 Å². The van der Waals surface area contributed by atoms with E-state index in [1.54, 1.807) is 40.8 Å². The number of rotatable bonds is 13. The third kappa shape index (κ3) is 5.06. The summed E-state index contributed by atoms with van der Waals surface area (Å²) in [6.45, 7) is 11.2. The number of likely N-dealkylation sites (N-methyl/N-ethyl adjacent to an activating group) is 1. The molecule has 0 saturated carbocycles. The largest absolute Gasteiger partial charge is 0.396 e. The summed E-state index contributed by atoms with van der Waals surface area (Å²) >= 11 is 1.71. The van der Waals surface area contributed by atoms with Crippen LogP contribution in [-0.2, 0) is 14.4 Å². The highest BCUT2D eigenvalue weighted by Gasteiger charge is 2.76. The minimum Gasteiger partial charge on any atom is -0.396 e. The third-order valence-corrected chi connectivity index (χ3v) is 11.5. The lowest BCUT2D eigenvalue weighted by Crippen LogP contribution is -2.57. The first kappa shape index (κ1) is 30.4. The third-order valence-electron chi connectivity index (χ3n) is 9.47. The molecular formula is C34H43N3O4S. The number of unbranched alkanes of at least 4 members (excludes halogenated alkanes) is 3. The lowest BCUT2D eigenvalue weighted by Gasteiger charge is -2.41. The van der Waals surface area contributed by atoms with Crippen molar-refractivity contribution in [3.05, 3.63) is 67.8 Å². The van der Waals surface area contributed by atoms with E-state index >= 15 is 0 Å². The Morgan fingerprint density at radius 1 is 1.05 bits per heavy atom. The number of nitrogens with zero attached hydrogens (tertiary/aromatic N) is 3. The highest BCUT2D eigenvalue weighted by atomic mass is 32.2. The summed E-state index contributed by atoms with van der Waals surface area (Å²) in [4.78, 5) is 48.3. The predicted molar refractivity (Wildman–Crippen MR) is 170 cm³/mol. The fourth-order valence-electron chi connectivity index (χ4n) is 7.55. The van der Waals surface area contributed by atoms with Gasteiger partial charge in [0.1, 0.15) is 6.04 Å². The van der Waals surface area contributed by atoms with Gasteiger partial charge in [-0.25, -0.2) is 0 Å². The Kier molecular flexibility index (Phi) is 9.14.